The van der Waals surface area contributed by atoms with Gasteiger partial charge < -0.3 is 10.4 Å². The first-order valence-electron chi connectivity index (χ1n) is 6.97. The van der Waals surface area contributed by atoms with Crippen molar-refractivity contribution in [3.8, 4) is 0 Å². The molecule has 0 bridgehead atoms. The van der Waals surface area contributed by atoms with Crippen molar-refractivity contribution in [3.63, 3.8) is 0 Å². The minimum Gasteiger partial charge on any atom is -0.478 e. The number of hydrogen-bond acceptors (Lipinski definition) is 4. The molecule has 1 heterocycles. The predicted molar refractivity (Wildman–Crippen MR) is 83.6 cm³/mol. The van der Waals surface area contributed by atoms with E-state index in [2.05, 4.69) is 24.2 Å². The van der Waals surface area contributed by atoms with Crippen LogP contribution in [0.1, 0.15) is 35.0 Å². The van der Waals surface area contributed by atoms with Crippen LogP contribution in [0.2, 0.25) is 0 Å². The summed E-state index contributed by atoms with van der Waals surface area (Å²) >= 11 is 1.35. The van der Waals surface area contributed by atoms with Crippen molar-refractivity contribution in [2.75, 3.05) is 13.6 Å². The van der Waals surface area contributed by atoms with Gasteiger partial charge >= 0.3 is 5.97 Å². The zero-order chi connectivity index (χ0) is 15.4. The standard InChI is InChI=1S/C15H20N2O3S/c1-10(17(2)12-3-4-12)8-16-15(20)11-7-13(21-9-11)5-6-14(18)19/h5-7,9-10,12H,3-4,8H2,1-2H3,(H,16,20)(H,18,19)/b6-5+. The Balaban J connectivity index is 1.84. The third-order valence-corrected chi connectivity index (χ3v) is 4.55. The average molecular weight is 308 g/mol. The Morgan fingerprint density at radius 3 is 2.90 bits per heavy atom. The monoisotopic (exact) mass is 308 g/mol. The number of carbonyl (C=O) groups is 2. The zero-order valence-electron chi connectivity index (χ0n) is 12.2. The van der Waals surface area contributed by atoms with Gasteiger partial charge in [-0.05, 0) is 39.0 Å². The summed E-state index contributed by atoms with van der Waals surface area (Å²) in [5, 5.41) is 13.2. The molecule has 1 amide bonds. The summed E-state index contributed by atoms with van der Waals surface area (Å²) in [5.41, 5.74) is 0.575. The molecule has 2 rings (SSSR count). The van der Waals surface area contributed by atoms with Gasteiger partial charge in [-0.25, -0.2) is 4.79 Å². The number of amides is 1. The predicted octanol–water partition coefficient (Wildman–Crippen LogP) is 2.06. The molecule has 114 valence electrons. The molecule has 1 aromatic rings. The molecule has 1 aliphatic rings. The summed E-state index contributed by atoms with van der Waals surface area (Å²) in [7, 11) is 2.09. The van der Waals surface area contributed by atoms with Crippen LogP contribution < -0.4 is 5.32 Å². The highest BCUT2D eigenvalue weighted by Gasteiger charge is 2.29. The fourth-order valence-corrected chi connectivity index (χ4v) is 2.82. The smallest absolute Gasteiger partial charge is 0.328 e. The number of rotatable bonds is 7. The minimum absolute atomic E-state index is 0.114. The molecule has 6 heteroatoms. The molecule has 0 spiro atoms. The van der Waals surface area contributed by atoms with Crippen LogP contribution in [0.25, 0.3) is 6.08 Å². The molecule has 0 aliphatic heterocycles. The van der Waals surface area contributed by atoms with E-state index in [1.165, 1.54) is 30.3 Å². The molecule has 1 aliphatic carbocycles. The lowest BCUT2D eigenvalue weighted by molar-refractivity contribution is -0.131. The molecule has 0 aromatic carbocycles. The molecule has 1 atom stereocenters. The van der Waals surface area contributed by atoms with Gasteiger partial charge in [0.1, 0.15) is 0 Å². The summed E-state index contributed by atoms with van der Waals surface area (Å²) in [6.07, 6.45) is 5.06. The van der Waals surface area contributed by atoms with Gasteiger partial charge in [0.2, 0.25) is 0 Å². The quantitative estimate of drug-likeness (QED) is 0.757. The van der Waals surface area contributed by atoms with Gasteiger partial charge in [0.25, 0.3) is 5.91 Å². The number of nitrogens with zero attached hydrogens (tertiary/aromatic N) is 1. The normalized spacial score (nSPS) is 16.3. The number of likely N-dealkylation sites (N-methyl/N-ethyl adjacent to an activating group) is 1. The van der Waals surface area contributed by atoms with Crippen LogP contribution in [-0.2, 0) is 4.79 Å². The molecule has 21 heavy (non-hydrogen) atoms. The molecule has 1 fully saturated rings. The number of thiophene rings is 1. The first-order chi connectivity index (χ1) is 9.97. The Morgan fingerprint density at radius 1 is 1.57 bits per heavy atom. The SMILES string of the molecule is CC(CNC(=O)c1csc(/C=C/C(=O)O)c1)N(C)C1CC1. The fraction of sp³-hybridized carbons (Fsp3) is 0.467. The third kappa shape index (κ3) is 4.68. The molecule has 1 unspecified atom stereocenters. The van der Waals surface area contributed by atoms with Crippen LogP contribution in [0.15, 0.2) is 17.5 Å². The second kappa shape index (κ2) is 6.87. The lowest BCUT2D eigenvalue weighted by Gasteiger charge is -2.24. The van der Waals surface area contributed by atoms with Gasteiger partial charge in [0.15, 0.2) is 0 Å². The van der Waals surface area contributed by atoms with E-state index in [0.29, 0.717) is 24.2 Å². The average Bonchev–Trinajstić information content (AvgIpc) is 3.19. The second-order valence-corrected chi connectivity index (χ2v) is 6.31. The molecule has 2 N–H and O–H groups in total. The van der Waals surface area contributed by atoms with E-state index in [4.69, 9.17) is 5.11 Å². The van der Waals surface area contributed by atoms with Gasteiger partial charge in [-0.1, -0.05) is 0 Å². The van der Waals surface area contributed by atoms with E-state index in [0.717, 1.165) is 11.0 Å². The number of nitrogens with one attached hydrogen (secondary N) is 1. The lowest BCUT2D eigenvalue weighted by Crippen LogP contribution is -2.41. The van der Waals surface area contributed by atoms with Crippen LogP contribution in [-0.4, -0.2) is 47.6 Å². The molecular weight excluding hydrogens is 288 g/mol. The Hall–Kier alpha value is -1.66. The largest absolute Gasteiger partial charge is 0.478 e. The molecule has 5 nitrogen and oxygen atoms in total. The van der Waals surface area contributed by atoms with Crippen molar-refractivity contribution < 1.29 is 14.7 Å². The van der Waals surface area contributed by atoms with Gasteiger partial charge in [0, 0.05) is 35.0 Å². The third-order valence-electron chi connectivity index (χ3n) is 3.65. The summed E-state index contributed by atoms with van der Waals surface area (Å²) in [6.45, 7) is 2.72. The minimum atomic E-state index is -0.994. The van der Waals surface area contributed by atoms with Crippen LogP contribution in [0, 0.1) is 0 Å². The second-order valence-electron chi connectivity index (χ2n) is 5.37. The summed E-state index contributed by atoms with van der Waals surface area (Å²) in [5.74, 6) is -1.11. The van der Waals surface area contributed by atoms with Crippen molar-refractivity contribution >= 4 is 29.3 Å². The van der Waals surface area contributed by atoms with Crippen LogP contribution in [0.4, 0.5) is 0 Å². The van der Waals surface area contributed by atoms with Crippen molar-refractivity contribution in [1.29, 1.82) is 0 Å². The van der Waals surface area contributed by atoms with Crippen LogP contribution in [0.3, 0.4) is 0 Å². The maximum Gasteiger partial charge on any atom is 0.328 e. The Labute approximate surface area is 128 Å². The van der Waals surface area contributed by atoms with E-state index in [1.54, 1.807) is 11.4 Å². The summed E-state index contributed by atoms with van der Waals surface area (Å²) in [4.78, 5) is 25.5. The molecule has 0 saturated heterocycles. The van der Waals surface area contributed by atoms with Gasteiger partial charge in [-0.15, -0.1) is 11.3 Å². The van der Waals surface area contributed by atoms with Crippen molar-refractivity contribution in [2.24, 2.45) is 0 Å². The van der Waals surface area contributed by atoms with E-state index >= 15 is 0 Å². The highest BCUT2D eigenvalue weighted by Crippen LogP contribution is 2.26. The molecule has 1 saturated carbocycles. The Morgan fingerprint density at radius 2 is 2.29 bits per heavy atom. The van der Waals surface area contributed by atoms with Gasteiger partial charge in [-0.2, -0.15) is 0 Å². The first-order valence-corrected chi connectivity index (χ1v) is 7.85. The van der Waals surface area contributed by atoms with Crippen LogP contribution in [0.5, 0.6) is 0 Å². The highest BCUT2D eigenvalue weighted by atomic mass is 32.1. The number of hydrogen-bond donors (Lipinski definition) is 2. The van der Waals surface area contributed by atoms with Gasteiger partial charge in [-0.3, -0.25) is 9.69 Å². The maximum absolute atomic E-state index is 12.0. The fourth-order valence-electron chi connectivity index (χ4n) is 2.04. The van der Waals surface area contributed by atoms with Gasteiger partial charge in [0.05, 0.1) is 5.56 Å². The summed E-state index contributed by atoms with van der Waals surface area (Å²) in [6, 6.07) is 2.69. The van der Waals surface area contributed by atoms with Crippen molar-refractivity contribution in [2.45, 2.75) is 31.8 Å². The van der Waals surface area contributed by atoms with Crippen LogP contribution >= 0.6 is 11.3 Å². The lowest BCUT2D eigenvalue weighted by atomic mass is 10.2. The summed E-state index contributed by atoms with van der Waals surface area (Å²) < 4.78 is 0. The topological polar surface area (TPSA) is 69.6 Å². The Kier molecular flexibility index (Phi) is 5.14. The first kappa shape index (κ1) is 15.7. The van der Waals surface area contributed by atoms with E-state index in [9.17, 15) is 9.59 Å². The molecular formula is C15H20N2O3S. The number of carboxylic acids is 1. The van der Waals surface area contributed by atoms with Crippen molar-refractivity contribution in [1.82, 2.24) is 10.2 Å². The molecule has 1 aromatic heterocycles. The van der Waals surface area contributed by atoms with E-state index < -0.39 is 5.97 Å². The van der Waals surface area contributed by atoms with Crippen molar-refractivity contribution in [3.05, 3.63) is 28.0 Å². The molecule has 0 radical (unpaired) electrons. The zero-order valence-corrected chi connectivity index (χ0v) is 13.0. The van der Waals surface area contributed by atoms with E-state index in [-0.39, 0.29) is 5.91 Å². The number of carbonyl (C=O) groups excluding carboxylic acids is 1. The highest BCUT2D eigenvalue weighted by molar-refractivity contribution is 7.11. The Bertz CT molecular complexity index is 549. The van der Waals surface area contributed by atoms with E-state index in [1.807, 2.05) is 0 Å². The number of carboxylic acid groups (broad SMARTS) is 1. The maximum atomic E-state index is 12.0. The number of aliphatic carboxylic acids is 1.